The monoisotopic (exact) mass is 215 g/mol. The van der Waals surface area contributed by atoms with Crippen molar-refractivity contribution in [1.29, 1.82) is 0 Å². The molecule has 0 bridgehead atoms. The lowest BCUT2D eigenvalue weighted by Crippen LogP contribution is -2.59. The summed E-state index contributed by atoms with van der Waals surface area (Å²) in [5, 5.41) is 0. The van der Waals surface area contributed by atoms with Crippen LogP contribution in [0.3, 0.4) is 0 Å². The number of hydrogen-bond donors (Lipinski definition) is 1. The summed E-state index contributed by atoms with van der Waals surface area (Å²) in [5.74, 6) is 0.550. The van der Waals surface area contributed by atoms with Crippen molar-refractivity contribution in [1.82, 2.24) is 0 Å². The largest absolute Gasteiger partial charge is 0.374 e. The summed E-state index contributed by atoms with van der Waals surface area (Å²) in [4.78, 5) is 0. The van der Waals surface area contributed by atoms with Gasteiger partial charge in [0.1, 0.15) is 0 Å². The van der Waals surface area contributed by atoms with Crippen LogP contribution < -0.4 is 5.73 Å². The van der Waals surface area contributed by atoms with Crippen molar-refractivity contribution in [3.8, 4) is 0 Å². The van der Waals surface area contributed by atoms with Crippen molar-refractivity contribution < 1.29 is 9.47 Å². The third kappa shape index (κ3) is 3.44. The zero-order chi connectivity index (χ0) is 11.4. The van der Waals surface area contributed by atoms with Gasteiger partial charge in [-0.2, -0.15) is 0 Å². The summed E-state index contributed by atoms with van der Waals surface area (Å²) in [7, 11) is 0. The zero-order valence-corrected chi connectivity index (χ0v) is 10.4. The Hall–Kier alpha value is -0.120. The molecule has 0 aromatic carbocycles. The fourth-order valence-electron chi connectivity index (χ4n) is 1.67. The molecule has 3 nitrogen and oxygen atoms in total. The van der Waals surface area contributed by atoms with Gasteiger partial charge in [-0.15, -0.1) is 0 Å². The second-order valence-corrected chi connectivity index (χ2v) is 4.86. The molecule has 3 heteroatoms. The third-order valence-electron chi connectivity index (χ3n) is 3.14. The van der Waals surface area contributed by atoms with E-state index in [4.69, 9.17) is 15.2 Å². The second kappa shape index (κ2) is 5.83. The lowest BCUT2D eigenvalue weighted by atomic mass is 9.85. The molecule has 1 aliphatic rings. The molecule has 0 aromatic rings. The molecule has 1 fully saturated rings. The lowest BCUT2D eigenvalue weighted by molar-refractivity contribution is -0.165. The van der Waals surface area contributed by atoms with Gasteiger partial charge in [0, 0.05) is 12.6 Å². The molecule has 0 aliphatic heterocycles. The predicted molar refractivity (Wildman–Crippen MR) is 61.8 cm³/mol. The molecule has 0 amide bonds. The number of hydrogen-bond acceptors (Lipinski definition) is 3. The Morgan fingerprint density at radius 1 is 1.33 bits per heavy atom. The summed E-state index contributed by atoms with van der Waals surface area (Å²) in [5.41, 5.74) is 5.90. The highest BCUT2D eigenvalue weighted by atomic mass is 16.6. The van der Waals surface area contributed by atoms with Crippen LogP contribution in [0.4, 0.5) is 0 Å². The summed E-state index contributed by atoms with van der Waals surface area (Å²) >= 11 is 0. The molecule has 0 spiro atoms. The van der Waals surface area contributed by atoms with Crippen LogP contribution >= 0.6 is 0 Å². The molecule has 1 aliphatic carbocycles. The van der Waals surface area contributed by atoms with Crippen molar-refractivity contribution in [3.05, 3.63) is 0 Å². The van der Waals surface area contributed by atoms with E-state index in [1.165, 1.54) is 0 Å². The molecule has 1 saturated carbocycles. The van der Waals surface area contributed by atoms with Gasteiger partial charge in [-0.05, 0) is 25.7 Å². The Kier molecular flexibility index (Phi) is 5.03. The van der Waals surface area contributed by atoms with Crippen LogP contribution in [0, 0.1) is 5.92 Å². The minimum atomic E-state index is 0.117. The van der Waals surface area contributed by atoms with Gasteiger partial charge in [0.15, 0.2) is 0 Å². The summed E-state index contributed by atoms with van der Waals surface area (Å²) in [6.45, 7) is 9.35. The third-order valence-corrected chi connectivity index (χ3v) is 3.14. The van der Waals surface area contributed by atoms with Crippen LogP contribution in [0.5, 0.6) is 0 Å². The van der Waals surface area contributed by atoms with E-state index in [0.29, 0.717) is 5.92 Å². The van der Waals surface area contributed by atoms with E-state index >= 15 is 0 Å². The molecular formula is C12H25NO2. The average Bonchev–Trinajstić information content (AvgIpc) is 2.17. The van der Waals surface area contributed by atoms with Crippen molar-refractivity contribution >= 4 is 0 Å². The lowest BCUT2D eigenvalue weighted by Gasteiger charge is -2.43. The van der Waals surface area contributed by atoms with Gasteiger partial charge in [-0.25, -0.2) is 0 Å². The highest BCUT2D eigenvalue weighted by Gasteiger charge is 2.41. The summed E-state index contributed by atoms with van der Waals surface area (Å²) in [6, 6.07) is 0.168. The molecule has 0 radical (unpaired) electrons. The van der Waals surface area contributed by atoms with Crippen LogP contribution in [0.25, 0.3) is 0 Å². The molecule has 4 atom stereocenters. The molecule has 0 heterocycles. The molecule has 4 unspecified atom stereocenters. The fraction of sp³-hybridized carbons (Fsp3) is 1.00. The number of ether oxygens (including phenoxy) is 2. The van der Waals surface area contributed by atoms with E-state index < -0.39 is 0 Å². The van der Waals surface area contributed by atoms with Crippen molar-refractivity contribution in [2.24, 2.45) is 11.7 Å². The van der Waals surface area contributed by atoms with E-state index in [9.17, 15) is 0 Å². The van der Waals surface area contributed by atoms with Gasteiger partial charge in [-0.1, -0.05) is 20.8 Å². The topological polar surface area (TPSA) is 44.5 Å². The smallest absolute Gasteiger partial charge is 0.0988 e. The molecule has 0 aromatic heterocycles. The Morgan fingerprint density at radius 2 is 2.00 bits per heavy atom. The molecule has 2 N–H and O–H groups in total. The maximum absolute atomic E-state index is 5.92. The summed E-state index contributed by atoms with van der Waals surface area (Å²) < 4.78 is 11.6. The molecule has 1 rings (SSSR count). The standard InChI is InChI=1S/C12H25NO2/c1-5-6-14-12-10(13)7-11(12)15-9(4)8(2)3/h8-12H,5-7,13H2,1-4H3. The zero-order valence-electron chi connectivity index (χ0n) is 10.4. The summed E-state index contributed by atoms with van der Waals surface area (Å²) in [6.07, 6.45) is 2.59. The van der Waals surface area contributed by atoms with Crippen molar-refractivity contribution in [2.75, 3.05) is 6.61 Å². The highest BCUT2D eigenvalue weighted by Crippen LogP contribution is 2.28. The Morgan fingerprint density at radius 3 is 2.47 bits per heavy atom. The predicted octanol–water partition coefficient (Wildman–Crippen LogP) is 1.94. The van der Waals surface area contributed by atoms with E-state index in [2.05, 4.69) is 27.7 Å². The second-order valence-electron chi connectivity index (χ2n) is 4.86. The van der Waals surface area contributed by atoms with Crippen LogP contribution in [-0.4, -0.2) is 31.0 Å². The molecule has 15 heavy (non-hydrogen) atoms. The van der Waals surface area contributed by atoms with Crippen LogP contribution in [0.1, 0.15) is 40.5 Å². The molecule has 0 saturated heterocycles. The fourth-order valence-corrected chi connectivity index (χ4v) is 1.67. The van der Waals surface area contributed by atoms with Gasteiger partial charge in [0.2, 0.25) is 0 Å². The molecule has 90 valence electrons. The number of nitrogens with two attached hydrogens (primary N) is 1. The maximum atomic E-state index is 5.92. The first-order valence-electron chi connectivity index (χ1n) is 6.08. The first-order valence-corrected chi connectivity index (χ1v) is 6.08. The first kappa shape index (κ1) is 12.9. The van der Waals surface area contributed by atoms with Crippen LogP contribution in [0.15, 0.2) is 0 Å². The van der Waals surface area contributed by atoms with Crippen LogP contribution in [0.2, 0.25) is 0 Å². The van der Waals surface area contributed by atoms with E-state index in [1.807, 2.05) is 0 Å². The van der Waals surface area contributed by atoms with Gasteiger partial charge >= 0.3 is 0 Å². The quantitative estimate of drug-likeness (QED) is 0.736. The Balaban J connectivity index is 2.30. The van der Waals surface area contributed by atoms with Gasteiger partial charge in [0.05, 0.1) is 18.3 Å². The van der Waals surface area contributed by atoms with E-state index in [0.717, 1.165) is 19.4 Å². The van der Waals surface area contributed by atoms with Crippen molar-refractivity contribution in [2.45, 2.75) is 64.9 Å². The normalized spacial score (nSPS) is 32.8. The maximum Gasteiger partial charge on any atom is 0.0988 e. The first-order chi connectivity index (χ1) is 7.06. The number of rotatable bonds is 6. The SMILES string of the molecule is CCCOC1C(N)CC1OC(C)C(C)C. The van der Waals surface area contributed by atoms with Crippen molar-refractivity contribution in [3.63, 3.8) is 0 Å². The van der Waals surface area contributed by atoms with Gasteiger partial charge in [-0.3, -0.25) is 0 Å². The van der Waals surface area contributed by atoms with Crippen LogP contribution in [-0.2, 0) is 9.47 Å². The Bertz CT molecular complexity index is 184. The van der Waals surface area contributed by atoms with E-state index in [1.54, 1.807) is 0 Å². The molecular weight excluding hydrogens is 190 g/mol. The minimum absolute atomic E-state index is 0.117. The minimum Gasteiger partial charge on any atom is -0.374 e. The van der Waals surface area contributed by atoms with E-state index in [-0.39, 0.29) is 24.4 Å². The van der Waals surface area contributed by atoms with Gasteiger partial charge < -0.3 is 15.2 Å². The Labute approximate surface area is 93.3 Å². The average molecular weight is 215 g/mol. The highest BCUT2D eigenvalue weighted by molar-refractivity contribution is 4.95. The van der Waals surface area contributed by atoms with Gasteiger partial charge in [0.25, 0.3) is 0 Å².